The van der Waals surface area contributed by atoms with Gasteiger partial charge in [0.2, 0.25) is 11.8 Å². The zero-order chi connectivity index (χ0) is 32.4. The number of hydrogen-bond donors (Lipinski definition) is 3. The van der Waals surface area contributed by atoms with Gasteiger partial charge in [-0.25, -0.2) is 0 Å². The highest BCUT2D eigenvalue weighted by atomic mass is 32.2. The van der Waals surface area contributed by atoms with E-state index in [1.165, 1.54) is 7.11 Å². The molecule has 5 aromatic carbocycles. The highest BCUT2D eigenvalue weighted by molar-refractivity contribution is 8.00. The Morgan fingerprint density at radius 1 is 0.717 bits per heavy atom. The van der Waals surface area contributed by atoms with Crippen LogP contribution in [0, 0.1) is 0 Å². The first-order chi connectivity index (χ1) is 22.4. The largest absolute Gasteiger partial charge is 0.468 e. The van der Waals surface area contributed by atoms with E-state index in [0.29, 0.717) is 0 Å². The second kappa shape index (κ2) is 15.4. The molecule has 7 nitrogen and oxygen atoms in total. The minimum absolute atomic E-state index is 0.210. The molecular weight excluding hydrogens is 595 g/mol. The monoisotopic (exact) mass is 631 g/mol. The van der Waals surface area contributed by atoms with Gasteiger partial charge in [-0.3, -0.25) is 14.4 Å². The van der Waals surface area contributed by atoms with Crippen LogP contribution in [0.5, 0.6) is 0 Å². The molecule has 0 spiro atoms. The molecule has 0 saturated carbocycles. The number of thioether (sulfide) groups is 1. The van der Waals surface area contributed by atoms with Gasteiger partial charge in [0.05, 0.1) is 17.9 Å². The third-order valence-corrected chi connectivity index (χ3v) is 9.59. The van der Waals surface area contributed by atoms with Crippen molar-refractivity contribution < 1.29 is 19.1 Å². The quantitative estimate of drug-likeness (QED) is 0.122. The molecule has 5 rings (SSSR count). The average molecular weight is 632 g/mol. The lowest BCUT2D eigenvalue weighted by molar-refractivity contribution is -0.141. The van der Waals surface area contributed by atoms with Crippen LogP contribution in [0.2, 0.25) is 0 Å². The van der Waals surface area contributed by atoms with E-state index in [4.69, 9.17) is 5.73 Å². The second-order valence-corrected chi connectivity index (χ2v) is 12.1. The normalized spacial score (nSPS) is 12.6. The van der Waals surface area contributed by atoms with E-state index in [1.54, 1.807) is 11.8 Å². The lowest BCUT2D eigenvalue weighted by atomic mass is 9.84. The Kier molecular flexibility index (Phi) is 10.9. The molecule has 0 fully saturated rings. The molecule has 5 aromatic rings. The molecule has 0 aliphatic heterocycles. The number of nitrogens with one attached hydrogen (secondary N) is 2. The summed E-state index contributed by atoms with van der Waals surface area (Å²) in [6.07, 6.45) is 0.210. The maximum atomic E-state index is 13.7. The van der Waals surface area contributed by atoms with Crippen LogP contribution in [0.3, 0.4) is 0 Å². The fourth-order valence-electron chi connectivity index (χ4n) is 5.59. The number of esters is 1. The number of hydrogen-bond acceptors (Lipinski definition) is 6. The molecule has 2 amide bonds. The molecule has 2 atom stereocenters. The predicted molar refractivity (Wildman–Crippen MR) is 184 cm³/mol. The van der Waals surface area contributed by atoms with E-state index in [0.717, 1.165) is 33.0 Å². The number of amides is 2. The Labute approximate surface area is 273 Å². The molecule has 0 bridgehead atoms. The predicted octanol–water partition coefficient (Wildman–Crippen LogP) is 5.21. The summed E-state index contributed by atoms with van der Waals surface area (Å²) in [5.74, 6) is -1.29. The van der Waals surface area contributed by atoms with Crippen LogP contribution in [-0.2, 0) is 30.3 Å². The number of ether oxygens (including phenoxy) is 1. The Morgan fingerprint density at radius 2 is 1.24 bits per heavy atom. The van der Waals surface area contributed by atoms with Crippen molar-refractivity contribution in [2.45, 2.75) is 23.3 Å². The van der Waals surface area contributed by atoms with Crippen molar-refractivity contribution in [3.63, 3.8) is 0 Å². The third kappa shape index (κ3) is 7.47. The molecule has 0 saturated heterocycles. The number of rotatable bonds is 13. The first-order valence-corrected chi connectivity index (χ1v) is 16.1. The molecule has 234 valence electrons. The topological polar surface area (TPSA) is 111 Å². The van der Waals surface area contributed by atoms with Gasteiger partial charge in [-0.1, -0.05) is 133 Å². The van der Waals surface area contributed by atoms with Gasteiger partial charge in [-0.15, -0.1) is 11.8 Å². The van der Waals surface area contributed by atoms with Gasteiger partial charge in [0.15, 0.2) is 0 Å². The van der Waals surface area contributed by atoms with Crippen LogP contribution in [0.4, 0.5) is 0 Å². The molecule has 0 aliphatic rings. The van der Waals surface area contributed by atoms with E-state index in [1.807, 2.05) is 97.1 Å². The summed E-state index contributed by atoms with van der Waals surface area (Å²) in [6, 6.07) is 42.3. The summed E-state index contributed by atoms with van der Waals surface area (Å²) in [5.41, 5.74) is 10.7. The first-order valence-electron chi connectivity index (χ1n) is 15.1. The fourth-order valence-corrected chi connectivity index (χ4v) is 7.08. The van der Waals surface area contributed by atoms with E-state index in [-0.39, 0.29) is 18.7 Å². The Bertz CT molecular complexity index is 1660. The number of carbonyl (C=O) groups is 3. The van der Waals surface area contributed by atoms with Crippen molar-refractivity contribution in [3.8, 4) is 0 Å². The van der Waals surface area contributed by atoms with Crippen molar-refractivity contribution in [2.75, 3.05) is 19.4 Å². The number of nitrogens with two attached hydrogens (primary N) is 1. The van der Waals surface area contributed by atoms with Crippen LogP contribution in [0.15, 0.2) is 133 Å². The molecule has 8 heteroatoms. The fraction of sp³-hybridized carbons (Fsp3) is 0.184. The third-order valence-electron chi connectivity index (χ3n) is 7.93. The second-order valence-electron chi connectivity index (χ2n) is 10.9. The smallest absolute Gasteiger partial charge is 0.325 e. The standard InChI is InChI=1S/C38H37N3O4S/c1-45-35(42)25-40-37(44)34(24-28-16-13-15-27-14-11-12-23-32(27)28)41-36(43)33(39)26-46-38(29-17-5-2-6-18-29,30-19-7-3-8-20-30)31-21-9-4-10-22-31/h2-23,33-34H,24-26,39H2,1H3,(H,40,44)(H,41,43)/t33-,34-/m1/s1. The Hall–Kier alpha value is -4.92. The highest BCUT2D eigenvalue weighted by Gasteiger charge is 2.38. The number of benzene rings is 5. The zero-order valence-electron chi connectivity index (χ0n) is 25.6. The van der Waals surface area contributed by atoms with E-state index < -0.39 is 34.6 Å². The van der Waals surface area contributed by atoms with Gasteiger partial charge in [0, 0.05) is 12.2 Å². The number of fused-ring (bicyclic) bond motifs is 1. The zero-order valence-corrected chi connectivity index (χ0v) is 26.4. The molecule has 0 aromatic heterocycles. The number of methoxy groups -OCH3 is 1. The molecule has 4 N–H and O–H groups in total. The lowest BCUT2D eigenvalue weighted by Gasteiger charge is -2.36. The minimum Gasteiger partial charge on any atom is -0.468 e. The van der Waals surface area contributed by atoms with Crippen molar-refractivity contribution >= 4 is 40.3 Å². The molecule has 46 heavy (non-hydrogen) atoms. The summed E-state index contributed by atoms with van der Waals surface area (Å²) < 4.78 is 4.03. The molecule has 0 radical (unpaired) electrons. The van der Waals surface area contributed by atoms with E-state index in [2.05, 4.69) is 51.8 Å². The number of carbonyl (C=O) groups excluding carboxylic acids is 3. The van der Waals surface area contributed by atoms with Crippen LogP contribution in [0.25, 0.3) is 10.8 Å². The summed E-state index contributed by atoms with van der Waals surface area (Å²) in [6.45, 7) is -0.313. The van der Waals surface area contributed by atoms with Gasteiger partial charge in [-0.05, 0) is 33.0 Å². The maximum Gasteiger partial charge on any atom is 0.325 e. The minimum atomic E-state index is -0.971. The van der Waals surface area contributed by atoms with E-state index in [9.17, 15) is 14.4 Å². The van der Waals surface area contributed by atoms with Crippen LogP contribution >= 0.6 is 11.8 Å². The van der Waals surface area contributed by atoms with Gasteiger partial charge in [0.1, 0.15) is 12.6 Å². The van der Waals surface area contributed by atoms with Crippen LogP contribution in [0.1, 0.15) is 22.3 Å². The lowest BCUT2D eigenvalue weighted by Crippen LogP contribution is -2.54. The maximum absolute atomic E-state index is 13.7. The van der Waals surface area contributed by atoms with Gasteiger partial charge >= 0.3 is 5.97 Å². The van der Waals surface area contributed by atoms with Crippen LogP contribution < -0.4 is 16.4 Å². The van der Waals surface area contributed by atoms with Crippen molar-refractivity contribution in [1.29, 1.82) is 0 Å². The van der Waals surface area contributed by atoms with Crippen LogP contribution in [-0.4, -0.2) is 49.3 Å². The van der Waals surface area contributed by atoms with Crippen molar-refractivity contribution in [1.82, 2.24) is 10.6 Å². The molecular formula is C38H37N3O4S. The Morgan fingerprint density at radius 3 is 1.80 bits per heavy atom. The van der Waals surface area contributed by atoms with Gasteiger partial charge < -0.3 is 21.1 Å². The first kappa shape index (κ1) is 32.5. The molecule has 0 aliphatic carbocycles. The summed E-state index contributed by atoms with van der Waals surface area (Å²) in [4.78, 5) is 38.9. The summed E-state index contributed by atoms with van der Waals surface area (Å²) >= 11 is 1.58. The summed E-state index contributed by atoms with van der Waals surface area (Å²) in [7, 11) is 1.25. The summed E-state index contributed by atoms with van der Waals surface area (Å²) in [5, 5.41) is 7.47. The average Bonchev–Trinajstić information content (AvgIpc) is 3.11. The molecule has 0 unspecified atom stereocenters. The highest BCUT2D eigenvalue weighted by Crippen LogP contribution is 2.48. The SMILES string of the molecule is COC(=O)CNC(=O)[C@@H](Cc1cccc2ccccc12)NC(=O)[C@H](N)CSC(c1ccccc1)(c1ccccc1)c1ccccc1. The van der Waals surface area contributed by atoms with Crippen molar-refractivity contribution in [3.05, 3.63) is 156 Å². The van der Waals surface area contributed by atoms with Gasteiger partial charge in [0.25, 0.3) is 0 Å². The molecule has 0 heterocycles. The van der Waals surface area contributed by atoms with E-state index >= 15 is 0 Å². The van der Waals surface area contributed by atoms with Crippen molar-refractivity contribution in [2.24, 2.45) is 5.73 Å². The Balaban J connectivity index is 1.41. The van der Waals surface area contributed by atoms with Gasteiger partial charge in [-0.2, -0.15) is 0 Å².